The molecule has 118 valence electrons. The molecule has 4 heteroatoms. The fraction of sp³-hybridized carbons (Fsp3) is 0.765. The molecule has 2 aliphatic rings. The van der Waals surface area contributed by atoms with Crippen molar-refractivity contribution >= 4 is 11.8 Å². The normalized spacial score (nSPS) is 20.8. The predicted molar refractivity (Wildman–Crippen MR) is 83.8 cm³/mol. The Balaban J connectivity index is 1.56. The summed E-state index contributed by atoms with van der Waals surface area (Å²) in [7, 11) is 0. The van der Waals surface area contributed by atoms with Crippen LogP contribution in [-0.2, 0) is 9.59 Å². The fourth-order valence-corrected chi connectivity index (χ4v) is 3.27. The minimum atomic E-state index is 0.0749. The van der Waals surface area contributed by atoms with Crippen molar-refractivity contribution in [3.63, 3.8) is 0 Å². The second-order valence-corrected chi connectivity index (χ2v) is 6.33. The van der Waals surface area contributed by atoms with Crippen LogP contribution in [0.1, 0.15) is 70.6 Å². The van der Waals surface area contributed by atoms with E-state index in [2.05, 4.69) is 10.6 Å². The number of nitrogens with one attached hydrogen (secondary N) is 2. The first kappa shape index (κ1) is 16.1. The Morgan fingerprint density at radius 2 is 1.10 bits per heavy atom. The second-order valence-electron chi connectivity index (χ2n) is 6.33. The largest absolute Gasteiger partial charge is 0.353 e. The maximum absolute atomic E-state index is 11.8. The maximum Gasteiger partial charge on any atom is 0.224 e. The van der Waals surface area contributed by atoms with Gasteiger partial charge in [0.25, 0.3) is 0 Å². The molecule has 2 fully saturated rings. The van der Waals surface area contributed by atoms with E-state index in [1.165, 1.54) is 32.1 Å². The highest BCUT2D eigenvalue weighted by Gasteiger charge is 2.16. The minimum absolute atomic E-state index is 0.0749. The number of hydrogen-bond acceptors (Lipinski definition) is 2. The van der Waals surface area contributed by atoms with E-state index in [0.29, 0.717) is 24.9 Å². The lowest BCUT2D eigenvalue weighted by Crippen LogP contribution is -2.35. The molecule has 0 heterocycles. The monoisotopic (exact) mass is 292 g/mol. The molecule has 0 bridgehead atoms. The molecule has 2 amide bonds. The van der Waals surface area contributed by atoms with E-state index in [4.69, 9.17) is 0 Å². The predicted octanol–water partition coefficient (Wildman–Crippen LogP) is 2.83. The Bertz CT molecular complexity index is 367. The van der Waals surface area contributed by atoms with Gasteiger partial charge in [0.2, 0.25) is 11.8 Å². The van der Waals surface area contributed by atoms with Crippen molar-refractivity contribution in [1.29, 1.82) is 0 Å². The Morgan fingerprint density at radius 1 is 0.714 bits per heavy atom. The summed E-state index contributed by atoms with van der Waals surface area (Å²) in [6.07, 6.45) is 15.0. The van der Waals surface area contributed by atoms with Crippen LogP contribution >= 0.6 is 0 Å². The van der Waals surface area contributed by atoms with Crippen LogP contribution in [0.5, 0.6) is 0 Å². The molecule has 2 rings (SSSR count). The van der Waals surface area contributed by atoms with Gasteiger partial charge < -0.3 is 10.6 Å². The van der Waals surface area contributed by atoms with Gasteiger partial charge in [-0.05, 0) is 25.7 Å². The molecule has 0 aliphatic heterocycles. The van der Waals surface area contributed by atoms with Crippen molar-refractivity contribution in [2.45, 2.75) is 82.7 Å². The van der Waals surface area contributed by atoms with Crippen LogP contribution in [-0.4, -0.2) is 23.9 Å². The van der Waals surface area contributed by atoms with Crippen LogP contribution < -0.4 is 10.6 Å². The van der Waals surface area contributed by atoms with E-state index in [9.17, 15) is 9.59 Å². The van der Waals surface area contributed by atoms with Crippen LogP contribution in [0.2, 0.25) is 0 Å². The average Bonchev–Trinajstić information content (AvgIpc) is 2.97. The zero-order chi connectivity index (χ0) is 14.9. The molecule has 2 aliphatic carbocycles. The lowest BCUT2D eigenvalue weighted by molar-refractivity contribution is -0.122. The molecular weight excluding hydrogens is 264 g/mol. The van der Waals surface area contributed by atoms with E-state index in [1.807, 2.05) is 12.2 Å². The van der Waals surface area contributed by atoms with Crippen molar-refractivity contribution in [2.24, 2.45) is 0 Å². The molecule has 0 saturated heterocycles. The van der Waals surface area contributed by atoms with Gasteiger partial charge in [0.05, 0.1) is 0 Å². The molecule has 4 nitrogen and oxygen atoms in total. The van der Waals surface area contributed by atoms with Gasteiger partial charge in [0.1, 0.15) is 0 Å². The molecule has 0 radical (unpaired) electrons. The van der Waals surface area contributed by atoms with E-state index >= 15 is 0 Å². The number of rotatable bonds is 6. The molecule has 0 atom stereocenters. The van der Waals surface area contributed by atoms with Crippen LogP contribution in [0.15, 0.2) is 12.2 Å². The summed E-state index contributed by atoms with van der Waals surface area (Å²) >= 11 is 0. The first-order valence-electron chi connectivity index (χ1n) is 8.48. The zero-order valence-corrected chi connectivity index (χ0v) is 12.9. The molecule has 2 N–H and O–H groups in total. The number of carbonyl (C=O) groups excluding carboxylic acids is 2. The Labute approximate surface area is 127 Å². The molecule has 0 aromatic heterocycles. The summed E-state index contributed by atoms with van der Waals surface area (Å²) in [6, 6.07) is 0.741. The number of hydrogen-bond donors (Lipinski definition) is 2. The number of amides is 2. The fourth-order valence-electron chi connectivity index (χ4n) is 3.27. The highest BCUT2D eigenvalue weighted by atomic mass is 16.2. The quantitative estimate of drug-likeness (QED) is 0.740. The topological polar surface area (TPSA) is 58.2 Å². The third-order valence-electron chi connectivity index (χ3n) is 4.46. The van der Waals surface area contributed by atoms with E-state index in [0.717, 1.165) is 25.7 Å². The summed E-state index contributed by atoms with van der Waals surface area (Å²) in [4.78, 5) is 23.5. The van der Waals surface area contributed by atoms with E-state index < -0.39 is 0 Å². The lowest BCUT2D eigenvalue weighted by Gasteiger charge is -2.22. The summed E-state index contributed by atoms with van der Waals surface area (Å²) in [5, 5.41) is 6.12. The van der Waals surface area contributed by atoms with Crippen molar-refractivity contribution in [2.75, 3.05) is 0 Å². The standard InChI is InChI=1S/C17H28N2O2/c20-16(18-14-8-2-1-3-9-14)12-6-7-13-17(21)19-15-10-4-5-11-15/h6-7,14-15H,1-5,8-13H2,(H,18,20)(H,19,21)/b7-6+. The van der Waals surface area contributed by atoms with Gasteiger partial charge in [-0.3, -0.25) is 9.59 Å². The molecule has 21 heavy (non-hydrogen) atoms. The summed E-state index contributed by atoms with van der Waals surface area (Å²) in [6.45, 7) is 0. The molecule has 0 aromatic carbocycles. The highest BCUT2D eigenvalue weighted by Crippen LogP contribution is 2.18. The van der Waals surface area contributed by atoms with Gasteiger partial charge in [-0.2, -0.15) is 0 Å². The SMILES string of the molecule is O=C(C/C=C/CC(=O)NC1CCCC1)NC1CCCCC1. The highest BCUT2D eigenvalue weighted by molar-refractivity contribution is 5.79. The third-order valence-corrected chi connectivity index (χ3v) is 4.46. The number of carbonyl (C=O) groups is 2. The zero-order valence-electron chi connectivity index (χ0n) is 12.9. The van der Waals surface area contributed by atoms with Crippen LogP contribution in [0.4, 0.5) is 0 Å². The summed E-state index contributed by atoms with van der Waals surface area (Å²) < 4.78 is 0. The van der Waals surface area contributed by atoms with Gasteiger partial charge in [-0.15, -0.1) is 0 Å². The Morgan fingerprint density at radius 3 is 1.52 bits per heavy atom. The van der Waals surface area contributed by atoms with E-state index in [1.54, 1.807) is 0 Å². The van der Waals surface area contributed by atoms with E-state index in [-0.39, 0.29) is 11.8 Å². The minimum Gasteiger partial charge on any atom is -0.353 e. The first-order valence-corrected chi connectivity index (χ1v) is 8.48. The van der Waals surface area contributed by atoms with Crippen molar-refractivity contribution < 1.29 is 9.59 Å². The summed E-state index contributed by atoms with van der Waals surface area (Å²) in [5.41, 5.74) is 0. The smallest absolute Gasteiger partial charge is 0.224 e. The molecule has 0 spiro atoms. The second kappa shape index (κ2) is 8.85. The molecular formula is C17H28N2O2. The van der Waals surface area contributed by atoms with Gasteiger partial charge in [0.15, 0.2) is 0 Å². The maximum atomic E-state index is 11.8. The third kappa shape index (κ3) is 6.32. The van der Waals surface area contributed by atoms with Crippen LogP contribution in [0, 0.1) is 0 Å². The Kier molecular flexibility index (Phi) is 6.77. The van der Waals surface area contributed by atoms with Crippen LogP contribution in [0.3, 0.4) is 0 Å². The summed E-state index contributed by atoms with van der Waals surface area (Å²) in [5.74, 6) is 0.153. The van der Waals surface area contributed by atoms with Crippen molar-refractivity contribution in [3.05, 3.63) is 12.2 Å². The molecule has 2 saturated carbocycles. The van der Waals surface area contributed by atoms with Crippen LogP contribution in [0.25, 0.3) is 0 Å². The van der Waals surface area contributed by atoms with Gasteiger partial charge >= 0.3 is 0 Å². The Hall–Kier alpha value is -1.32. The van der Waals surface area contributed by atoms with Crippen molar-refractivity contribution in [1.82, 2.24) is 10.6 Å². The first-order chi connectivity index (χ1) is 10.2. The van der Waals surface area contributed by atoms with Gasteiger partial charge in [0, 0.05) is 24.9 Å². The molecule has 0 aromatic rings. The lowest BCUT2D eigenvalue weighted by atomic mass is 9.95. The average molecular weight is 292 g/mol. The molecule has 0 unspecified atom stereocenters. The van der Waals surface area contributed by atoms with Gasteiger partial charge in [-0.25, -0.2) is 0 Å². The van der Waals surface area contributed by atoms with Gasteiger partial charge in [-0.1, -0.05) is 44.3 Å². The van der Waals surface area contributed by atoms with Crippen molar-refractivity contribution in [3.8, 4) is 0 Å².